The molecule has 0 aliphatic heterocycles. The van der Waals surface area contributed by atoms with E-state index in [1.54, 1.807) is 4.72 Å². The normalized spacial score (nSPS) is 13.6. The molecular formula is C6H11NO5S. The quantitative estimate of drug-likeness (QED) is 0.464. The number of aliphatic carboxylic acids is 1. The average molecular weight is 209 g/mol. The summed E-state index contributed by atoms with van der Waals surface area (Å²) < 4.78 is 23.7. The van der Waals surface area contributed by atoms with Crippen molar-refractivity contribution in [3.8, 4) is 0 Å². The van der Waals surface area contributed by atoms with Crippen molar-refractivity contribution in [3.63, 3.8) is 0 Å². The average Bonchev–Trinajstić information content (AvgIpc) is 1.99. The van der Waals surface area contributed by atoms with Crippen LogP contribution in [-0.2, 0) is 14.8 Å². The molecule has 0 aliphatic carbocycles. The maximum absolute atomic E-state index is 10.9. The smallest absolute Gasteiger partial charge is 0.324 e. The molecular weight excluding hydrogens is 198 g/mol. The highest BCUT2D eigenvalue weighted by Crippen LogP contribution is 1.90. The van der Waals surface area contributed by atoms with Gasteiger partial charge in [0.2, 0.25) is 10.0 Å². The molecule has 0 heterocycles. The highest BCUT2D eigenvalue weighted by Gasteiger charge is 2.21. The number of aliphatic hydroxyl groups excluding tert-OH is 1. The van der Waals surface area contributed by atoms with E-state index in [-0.39, 0.29) is 5.75 Å². The van der Waals surface area contributed by atoms with Gasteiger partial charge in [0.1, 0.15) is 6.04 Å². The molecule has 0 aromatic heterocycles. The molecule has 0 radical (unpaired) electrons. The molecule has 0 aliphatic rings. The first-order valence-electron chi connectivity index (χ1n) is 3.37. The number of carboxylic acids is 1. The number of sulfonamides is 1. The van der Waals surface area contributed by atoms with E-state index in [0.717, 1.165) is 6.08 Å². The van der Waals surface area contributed by atoms with E-state index < -0.39 is 28.6 Å². The summed E-state index contributed by atoms with van der Waals surface area (Å²) in [6, 6.07) is -1.50. The van der Waals surface area contributed by atoms with Crippen LogP contribution in [0.5, 0.6) is 0 Å². The van der Waals surface area contributed by atoms with Gasteiger partial charge in [0.05, 0.1) is 12.4 Å². The number of carbonyl (C=O) groups is 1. The molecule has 0 bridgehead atoms. The second-order valence-electron chi connectivity index (χ2n) is 2.26. The van der Waals surface area contributed by atoms with Crippen LogP contribution in [0.4, 0.5) is 0 Å². The van der Waals surface area contributed by atoms with Crippen LogP contribution in [0.2, 0.25) is 0 Å². The van der Waals surface area contributed by atoms with Crippen molar-refractivity contribution in [2.75, 3.05) is 12.4 Å². The first-order chi connectivity index (χ1) is 5.93. The Hall–Kier alpha value is -0.920. The van der Waals surface area contributed by atoms with Crippen molar-refractivity contribution in [1.29, 1.82) is 0 Å². The highest BCUT2D eigenvalue weighted by molar-refractivity contribution is 7.89. The van der Waals surface area contributed by atoms with Crippen molar-refractivity contribution in [2.24, 2.45) is 0 Å². The fourth-order valence-electron chi connectivity index (χ4n) is 0.586. The van der Waals surface area contributed by atoms with Crippen LogP contribution in [0, 0.1) is 0 Å². The lowest BCUT2D eigenvalue weighted by molar-refractivity contribution is -0.139. The second kappa shape index (κ2) is 4.95. The molecule has 0 aromatic carbocycles. The third kappa shape index (κ3) is 4.61. The van der Waals surface area contributed by atoms with E-state index in [0.29, 0.717) is 0 Å². The summed E-state index contributed by atoms with van der Waals surface area (Å²) >= 11 is 0. The van der Waals surface area contributed by atoms with E-state index in [9.17, 15) is 13.2 Å². The highest BCUT2D eigenvalue weighted by atomic mass is 32.2. The van der Waals surface area contributed by atoms with Crippen LogP contribution < -0.4 is 4.72 Å². The molecule has 0 aromatic rings. The Labute approximate surface area is 75.9 Å². The van der Waals surface area contributed by atoms with Crippen molar-refractivity contribution in [2.45, 2.75) is 6.04 Å². The maximum atomic E-state index is 10.9. The van der Waals surface area contributed by atoms with Crippen LogP contribution in [0.25, 0.3) is 0 Å². The Kier molecular flexibility index (Phi) is 4.60. The molecule has 0 saturated heterocycles. The van der Waals surface area contributed by atoms with Gasteiger partial charge in [-0.2, -0.15) is 4.72 Å². The molecule has 13 heavy (non-hydrogen) atoms. The molecule has 0 rings (SSSR count). The number of hydrogen-bond donors (Lipinski definition) is 3. The topological polar surface area (TPSA) is 104 Å². The number of aliphatic hydroxyl groups is 1. The Bertz CT molecular complexity index is 283. The molecule has 0 unspecified atom stereocenters. The number of rotatable bonds is 6. The summed E-state index contributed by atoms with van der Waals surface area (Å²) in [7, 11) is -3.70. The van der Waals surface area contributed by atoms with Crippen molar-refractivity contribution < 1.29 is 23.4 Å². The lowest BCUT2D eigenvalue weighted by Crippen LogP contribution is -2.43. The predicted octanol–water partition coefficient (Wildman–Crippen LogP) is -1.46. The SMILES string of the molecule is C=CCS(=O)(=O)N[C@@H](CO)C(=O)O. The number of nitrogens with one attached hydrogen (secondary N) is 1. The van der Waals surface area contributed by atoms with Gasteiger partial charge < -0.3 is 10.2 Å². The Balaban J connectivity index is 4.40. The Morgan fingerprint density at radius 3 is 2.46 bits per heavy atom. The van der Waals surface area contributed by atoms with Gasteiger partial charge in [0.15, 0.2) is 0 Å². The van der Waals surface area contributed by atoms with Crippen LogP contribution in [0.3, 0.4) is 0 Å². The summed E-state index contributed by atoms with van der Waals surface area (Å²) in [5.74, 6) is -1.80. The summed E-state index contributed by atoms with van der Waals surface area (Å²) in [6.45, 7) is 2.41. The van der Waals surface area contributed by atoms with Crippen molar-refractivity contribution >= 4 is 16.0 Å². The standard InChI is InChI=1S/C6H11NO5S/c1-2-3-13(11,12)7-5(4-8)6(9)10/h2,5,7-8H,1,3-4H2,(H,9,10)/t5-/m0/s1. The minimum absolute atomic E-state index is 0.378. The molecule has 76 valence electrons. The molecule has 1 atom stereocenters. The third-order valence-corrected chi connectivity index (χ3v) is 2.46. The Morgan fingerprint density at radius 1 is 1.62 bits per heavy atom. The molecule has 6 nitrogen and oxygen atoms in total. The first-order valence-corrected chi connectivity index (χ1v) is 5.02. The molecule has 0 spiro atoms. The van der Waals surface area contributed by atoms with Crippen LogP contribution >= 0.6 is 0 Å². The molecule has 0 fully saturated rings. The van der Waals surface area contributed by atoms with Gasteiger partial charge in [-0.3, -0.25) is 4.79 Å². The predicted molar refractivity (Wildman–Crippen MR) is 45.6 cm³/mol. The number of hydrogen-bond acceptors (Lipinski definition) is 4. The summed E-state index contributed by atoms with van der Waals surface area (Å²) in [5.41, 5.74) is 0. The first kappa shape index (κ1) is 12.1. The van der Waals surface area contributed by atoms with Gasteiger partial charge in [-0.15, -0.1) is 6.58 Å². The molecule has 0 amide bonds. The van der Waals surface area contributed by atoms with Gasteiger partial charge in [0.25, 0.3) is 0 Å². The van der Waals surface area contributed by atoms with E-state index >= 15 is 0 Å². The van der Waals surface area contributed by atoms with E-state index in [4.69, 9.17) is 10.2 Å². The lowest BCUT2D eigenvalue weighted by atomic mass is 10.3. The zero-order valence-corrected chi connectivity index (χ0v) is 7.62. The van der Waals surface area contributed by atoms with Gasteiger partial charge in [-0.25, -0.2) is 8.42 Å². The summed E-state index contributed by atoms with van der Waals surface area (Å²) in [6.07, 6.45) is 1.12. The summed E-state index contributed by atoms with van der Waals surface area (Å²) in [4.78, 5) is 10.3. The van der Waals surface area contributed by atoms with Gasteiger partial charge in [0, 0.05) is 0 Å². The van der Waals surface area contributed by atoms with E-state index in [1.807, 2.05) is 0 Å². The van der Waals surface area contributed by atoms with Gasteiger partial charge in [-0.1, -0.05) is 6.08 Å². The van der Waals surface area contributed by atoms with Gasteiger partial charge >= 0.3 is 5.97 Å². The summed E-state index contributed by atoms with van der Waals surface area (Å²) in [5, 5.41) is 16.9. The Morgan fingerprint density at radius 2 is 2.15 bits per heavy atom. The monoisotopic (exact) mass is 209 g/mol. The minimum Gasteiger partial charge on any atom is -0.480 e. The minimum atomic E-state index is -3.70. The zero-order chi connectivity index (χ0) is 10.5. The van der Waals surface area contributed by atoms with Crippen molar-refractivity contribution in [3.05, 3.63) is 12.7 Å². The number of carboxylic acid groups (broad SMARTS) is 1. The van der Waals surface area contributed by atoms with E-state index in [2.05, 4.69) is 6.58 Å². The van der Waals surface area contributed by atoms with Crippen LogP contribution in [0.15, 0.2) is 12.7 Å². The fraction of sp³-hybridized carbons (Fsp3) is 0.500. The molecule has 7 heteroatoms. The maximum Gasteiger partial charge on any atom is 0.324 e. The van der Waals surface area contributed by atoms with Gasteiger partial charge in [-0.05, 0) is 0 Å². The largest absolute Gasteiger partial charge is 0.480 e. The van der Waals surface area contributed by atoms with Crippen molar-refractivity contribution in [1.82, 2.24) is 4.72 Å². The van der Waals surface area contributed by atoms with E-state index in [1.165, 1.54) is 0 Å². The molecule has 0 saturated carbocycles. The lowest BCUT2D eigenvalue weighted by Gasteiger charge is -2.10. The third-order valence-electron chi connectivity index (χ3n) is 1.14. The fourth-order valence-corrected chi connectivity index (χ4v) is 1.60. The van der Waals surface area contributed by atoms with Crippen LogP contribution in [0.1, 0.15) is 0 Å². The van der Waals surface area contributed by atoms with Crippen LogP contribution in [-0.4, -0.2) is 43.0 Å². The molecule has 3 N–H and O–H groups in total. The second-order valence-corrected chi connectivity index (χ2v) is 4.06. The zero-order valence-electron chi connectivity index (χ0n) is 6.80.